The number of aliphatic hydroxyl groups is 1. The summed E-state index contributed by atoms with van der Waals surface area (Å²) >= 11 is 1.74. The Bertz CT molecular complexity index is 487. The van der Waals surface area contributed by atoms with Crippen molar-refractivity contribution in [2.45, 2.75) is 25.8 Å². The molecule has 0 atom stereocenters. The molecule has 16 heavy (non-hydrogen) atoms. The van der Waals surface area contributed by atoms with Crippen LogP contribution in [0.4, 0.5) is 0 Å². The molecule has 0 aromatic carbocycles. The molecule has 1 aliphatic carbocycles. The Morgan fingerprint density at radius 2 is 2.38 bits per heavy atom. The Hall–Kier alpha value is -1.13. The van der Waals surface area contributed by atoms with Crippen molar-refractivity contribution in [1.29, 1.82) is 0 Å². The van der Waals surface area contributed by atoms with Gasteiger partial charge in [0.05, 0.1) is 18.0 Å². The smallest absolute Gasteiger partial charge is 0.106 e. The number of hydrogen-bond donors (Lipinski definition) is 1. The summed E-state index contributed by atoms with van der Waals surface area (Å²) in [5.74, 6) is 0. The first-order chi connectivity index (χ1) is 7.90. The van der Waals surface area contributed by atoms with E-state index in [0.717, 1.165) is 18.5 Å². The van der Waals surface area contributed by atoms with E-state index in [4.69, 9.17) is 5.11 Å². The van der Waals surface area contributed by atoms with Crippen LogP contribution in [0.25, 0.3) is 10.6 Å². The molecular formula is C12H14N2OS. The van der Waals surface area contributed by atoms with Crippen molar-refractivity contribution in [3.63, 3.8) is 0 Å². The lowest BCUT2D eigenvalue weighted by molar-refractivity contribution is 0.267. The van der Waals surface area contributed by atoms with Gasteiger partial charge in [0.15, 0.2) is 0 Å². The van der Waals surface area contributed by atoms with Gasteiger partial charge in [0.25, 0.3) is 0 Å². The van der Waals surface area contributed by atoms with Crippen molar-refractivity contribution >= 4 is 11.3 Å². The van der Waals surface area contributed by atoms with Gasteiger partial charge in [0.1, 0.15) is 5.69 Å². The lowest BCUT2D eigenvalue weighted by Crippen LogP contribution is -2.07. The zero-order valence-corrected chi connectivity index (χ0v) is 9.83. The van der Waals surface area contributed by atoms with Gasteiger partial charge in [-0.1, -0.05) is 6.07 Å². The second kappa shape index (κ2) is 4.03. The number of aromatic nitrogens is 2. The second-order valence-electron chi connectivity index (χ2n) is 4.05. The molecule has 2 aromatic rings. The molecule has 0 bridgehead atoms. The van der Waals surface area contributed by atoms with E-state index in [1.807, 2.05) is 4.68 Å². The molecule has 2 heterocycles. The van der Waals surface area contributed by atoms with E-state index in [0.29, 0.717) is 6.54 Å². The first-order valence-electron chi connectivity index (χ1n) is 5.63. The van der Waals surface area contributed by atoms with E-state index in [1.54, 1.807) is 11.3 Å². The minimum atomic E-state index is 0.165. The summed E-state index contributed by atoms with van der Waals surface area (Å²) in [4.78, 5) is 1.25. The fourth-order valence-corrected chi connectivity index (χ4v) is 3.14. The third kappa shape index (κ3) is 1.49. The highest BCUT2D eigenvalue weighted by Crippen LogP contribution is 2.34. The topological polar surface area (TPSA) is 38.0 Å². The van der Waals surface area contributed by atoms with E-state index in [2.05, 4.69) is 22.6 Å². The van der Waals surface area contributed by atoms with Crippen LogP contribution in [0.3, 0.4) is 0 Å². The molecule has 0 amide bonds. The molecule has 4 heteroatoms. The Morgan fingerprint density at radius 1 is 1.44 bits per heavy atom. The summed E-state index contributed by atoms with van der Waals surface area (Å²) < 4.78 is 1.98. The Balaban J connectivity index is 2.09. The Kier molecular flexibility index (Phi) is 2.53. The van der Waals surface area contributed by atoms with E-state index in [9.17, 15) is 0 Å². The van der Waals surface area contributed by atoms with Crippen molar-refractivity contribution in [3.8, 4) is 10.6 Å². The third-order valence-electron chi connectivity index (χ3n) is 3.07. The van der Waals surface area contributed by atoms with Gasteiger partial charge in [-0.05, 0) is 30.7 Å². The average molecular weight is 234 g/mol. The summed E-state index contributed by atoms with van der Waals surface area (Å²) in [5, 5.41) is 15.7. The van der Waals surface area contributed by atoms with E-state index < -0.39 is 0 Å². The summed E-state index contributed by atoms with van der Waals surface area (Å²) in [6.07, 6.45) is 3.46. The van der Waals surface area contributed by atoms with Crippen LogP contribution in [-0.2, 0) is 19.4 Å². The Labute approximate surface area is 98.3 Å². The van der Waals surface area contributed by atoms with Gasteiger partial charge in [-0.3, -0.25) is 4.68 Å². The van der Waals surface area contributed by atoms with Gasteiger partial charge in [-0.25, -0.2) is 0 Å². The SMILES string of the molecule is OCCn1nc(-c2cccs2)c2c1CCC2. The van der Waals surface area contributed by atoms with Crippen LogP contribution in [-0.4, -0.2) is 21.5 Å². The first kappa shape index (κ1) is 10.1. The van der Waals surface area contributed by atoms with Gasteiger partial charge in [0.2, 0.25) is 0 Å². The van der Waals surface area contributed by atoms with E-state index in [1.165, 1.54) is 22.6 Å². The summed E-state index contributed by atoms with van der Waals surface area (Å²) in [5.41, 5.74) is 3.87. The Morgan fingerprint density at radius 3 is 3.12 bits per heavy atom. The summed E-state index contributed by atoms with van der Waals surface area (Å²) in [6.45, 7) is 0.783. The predicted octanol–water partition coefficient (Wildman–Crippen LogP) is 2.09. The fourth-order valence-electron chi connectivity index (χ4n) is 2.40. The molecule has 3 nitrogen and oxygen atoms in total. The molecule has 0 radical (unpaired) electrons. The van der Waals surface area contributed by atoms with Crippen LogP contribution >= 0.6 is 11.3 Å². The maximum absolute atomic E-state index is 9.03. The predicted molar refractivity (Wildman–Crippen MR) is 64.7 cm³/mol. The number of rotatable bonds is 3. The fraction of sp³-hybridized carbons (Fsp3) is 0.417. The van der Waals surface area contributed by atoms with E-state index in [-0.39, 0.29) is 6.61 Å². The number of hydrogen-bond acceptors (Lipinski definition) is 3. The minimum absolute atomic E-state index is 0.165. The zero-order chi connectivity index (χ0) is 11.0. The highest BCUT2D eigenvalue weighted by atomic mass is 32.1. The standard InChI is InChI=1S/C12H14N2OS/c15-7-6-14-10-4-1-3-9(10)12(13-14)11-5-2-8-16-11/h2,5,8,15H,1,3-4,6-7H2. The summed E-state index contributed by atoms with van der Waals surface area (Å²) in [7, 11) is 0. The molecule has 0 saturated carbocycles. The number of aliphatic hydroxyl groups excluding tert-OH is 1. The minimum Gasteiger partial charge on any atom is -0.394 e. The first-order valence-corrected chi connectivity index (χ1v) is 6.51. The van der Waals surface area contributed by atoms with Gasteiger partial charge in [0, 0.05) is 11.3 Å². The van der Waals surface area contributed by atoms with Gasteiger partial charge >= 0.3 is 0 Å². The van der Waals surface area contributed by atoms with Crippen LogP contribution in [0.5, 0.6) is 0 Å². The molecule has 2 aromatic heterocycles. The normalized spacial score (nSPS) is 14.3. The monoisotopic (exact) mass is 234 g/mol. The molecule has 1 aliphatic rings. The molecule has 1 N–H and O–H groups in total. The van der Waals surface area contributed by atoms with Crippen LogP contribution in [0, 0.1) is 0 Å². The van der Waals surface area contributed by atoms with Crippen molar-refractivity contribution < 1.29 is 5.11 Å². The quantitative estimate of drug-likeness (QED) is 0.883. The van der Waals surface area contributed by atoms with Crippen LogP contribution in [0.1, 0.15) is 17.7 Å². The van der Waals surface area contributed by atoms with Crippen molar-refractivity contribution in [3.05, 3.63) is 28.8 Å². The van der Waals surface area contributed by atoms with Crippen molar-refractivity contribution in [2.24, 2.45) is 0 Å². The molecular weight excluding hydrogens is 220 g/mol. The largest absolute Gasteiger partial charge is 0.394 e. The molecule has 3 rings (SSSR count). The van der Waals surface area contributed by atoms with Gasteiger partial charge in [-0.2, -0.15) is 5.10 Å². The summed E-state index contributed by atoms with van der Waals surface area (Å²) in [6, 6.07) is 4.18. The molecule has 0 aliphatic heterocycles. The van der Waals surface area contributed by atoms with Crippen LogP contribution in [0.15, 0.2) is 17.5 Å². The molecule has 0 saturated heterocycles. The number of nitrogens with zero attached hydrogens (tertiary/aromatic N) is 2. The number of thiophene rings is 1. The van der Waals surface area contributed by atoms with Crippen LogP contribution < -0.4 is 0 Å². The maximum Gasteiger partial charge on any atom is 0.106 e. The van der Waals surface area contributed by atoms with Crippen LogP contribution in [0.2, 0.25) is 0 Å². The van der Waals surface area contributed by atoms with Crippen molar-refractivity contribution in [2.75, 3.05) is 6.61 Å². The van der Waals surface area contributed by atoms with E-state index >= 15 is 0 Å². The highest BCUT2D eigenvalue weighted by molar-refractivity contribution is 7.13. The molecule has 84 valence electrons. The highest BCUT2D eigenvalue weighted by Gasteiger charge is 2.23. The zero-order valence-electron chi connectivity index (χ0n) is 9.02. The third-order valence-corrected chi connectivity index (χ3v) is 3.95. The molecule has 0 unspecified atom stereocenters. The average Bonchev–Trinajstić information content (AvgIpc) is 2.94. The van der Waals surface area contributed by atoms with Gasteiger partial charge < -0.3 is 5.11 Å². The maximum atomic E-state index is 9.03. The number of fused-ring (bicyclic) bond motifs is 1. The lowest BCUT2D eigenvalue weighted by atomic mass is 10.2. The lowest BCUT2D eigenvalue weighted by Gasteiger charge is -2.01. The molecule has 0 spiro atoms. The second-order valence-corrected chi connectivity index (χ2v) is 5.00. The van der Waals surface area contributed by atoms with Crippen molar-refractivity contribution in [1.82, 2.24) is 9.78 Å². The van der Waals surface area contributed by atoms with Gasteiger partial charge in [-0.15, -0.1) is 11.3 Å². The molecule has 0 fully saturated rings.